The minimum atomic E-state index is 0.427. The predicted molar refractivity (Wildman–Crippen MR) is 74.2 cm³/mol. The van der Waals surface area contributed by atoms with Crippen molar-refractivity contribution in [3.63, 3.8) is 0 Å². The zero-order chi connectivity index (χ0) is 11.7. The Hall–Kier alpha value is -1.12. The summed E-state index contributed by atoms with van der Waals surface area (Å²) < 4.78 is 0. The summed E-state index contributed by atoms with van der Waals surface area (Å²) in [6.07, 6.45) is 2.65. The fourth-order valence-electron chi connectivity index (χ4n) is 1.92. The second-order valence-electron chi connectivity index (χ2n) is 5.08. The first kappa shape index (κ1) is 11.0. The van der Waals surface area contributed by atoms with Crippen LogP contribution in [-0.2, 0) is 6.54 Å². The molecule has 3 rings (SSSR count). The molecule has 88 valence electrons. The van der Waals surface area contributed by atoms with Gasteiger partial charge in [-0.3, -0.25) is 0 Å². The van der Waals surface area contributed by atoms with Crippen LogP contribution in [0.2, 0.25) is 0 Å². The Morgan fingerprint density at radius 2 is 1.94 bits per heavy atom. The van der Waals surface area contributed by atoms with E-state index in [9.17, 15) is 0 Å². The molecule has 0 atom stereocenters. The Morgan fingerprint density at radius 3 is 2.65 bits per heavy atom. The summed E-state index contributed by atoms with van der Waals surface area (Å²) in [6.45, 7) is 3.31. The number of benzene rings is 1. The highest BCUT2D eigenvalue weighted by molar-refractivity contribution is 7.10. The standard InChI is InChI=1S/C15H17NS/c1-15(7-8-15)16-10-14-9-13(11-17-14)12-5-3-2-4-6-12/h2-6,9,11,16H,7-8,10H2,1H3. The van der Waals surface area contributed by atoms with Gasteiger partial charge in [0.05, 0.1) is 0 Å². The normalized spacial score (nSPS) is 17.0. The first-order valence-electron chi connectivity index (χ1n) is 6.13. The van der Waals surface area contributed by atoms with Crippen LogP contribution in [0.15, 0.2) is 41.8 Å². The Bertz CT molecular complexity index is 497. The van der Waals surface area contributed by atoms with Gasteiger partial charge in [0.25, 0.3) is 0 Å². The predicted octanol–water partition coefficient (Wildman–Crippen LogP) is 4.06. The molecule has 0 bridgehead atoms. The quantitative estimate of drug-likeness (QED) is 0.854. The van der Waals surface area contributed by atoms with E-state index in [0.717, 1.165) is 6.54 Å². The second-order valence-corrected chi connectivity index (χ2v) is 6.08. The minimum absolute atomic E-state index is 0.427. The van der Waals surface area contributed by atoms with Crippen LogP contribution >= 0.6 is 11.3 Å². The van der Waals surface area contributed by atoms with E-state index >= 15 is 0 Å². The molecule has 2 aromatic rings. The van der Waals surface area contributed by atoms with E-state index in [1.165, 1.54) is 28.8 Å². The van der Waals surface area contributed by atoms with Crippen LogP contribution in [0, 0.1) is 0 Å². The van der Waals surface area contributed by atoms with E-state index in [-0.39, 0.29) is 0 Å². The van der Waals surface area contributed by atoms with Gasteiger partial charge < -0.3 is 5.32 Å². The molecule has 17 heavy (non-hydrogen) atoms. The molecular weight excluding hydrogens is 226 g/mol. The van der Waals surface area contributed by atoms with Crippen molar-refractivity contribution in [2.24, 2.45) is 0 Å². The maximum atomic E-state index is 3.62. The van der Waals surface area contributed by atoms with Crippen molar-refractivity contribution in [3.05, 3.63) is 46.7 Å². The molecule has 0 spiro atoms. The molecule has 0 radical (unpaired) electrons. The lowest BCUT2D eigenvalue weighted by Gasteiger charge is -2.09. The second kappa shape index (κ2) is 4.28. The van der Waals surface area contributed by atoms with E-state index in [1.54, 1.807) is 0 Å². The average molecular weight is 243 g/mol. The molecule has 1 fully saturated rings. The number of hydrogen-bond donors (Lipinski definition) is 1. The Kier molecular flexibility index (Phi) is 2.77. The van der Waals surface area contributed by atoms with Crippen molar-refractivity contribution in [2.45, 2.75) is 31.8 Å². The molecule has 1 saturated carbocycles. The van der Waals surface area contributed by atoms with Gasteiger partial charge in [0.2, 0.25) is 0 Å². The van der Waals surface area contributed by atoms with Crippen molar-refractivity contribution in [1.29, 1.82) is 0 Å². The molecule has 1 aromatic heterocycles. The van der Waals surface area contributed by atoms with Gasteiger partial charge in [0, 0.05) is 17.0 Å². The van der Waals surface area contributed by atoms with Gasteiger partial charge in [-0.1, -0.05) is 30.3 Å². The Balaban J connectivity index is 1.70. The van der Waals surface area contributed by atoms with Gasteiger partial charge in [-0.2, -0.15) is 0 Å². The van der Waals surface area contributed by atoms with Gasteiger partial charge in [-0.05, 0) is 42.3 Å². The van der Waals surface area contributed by atoms with Crippen molar-refractivity contribution < 1.29 is 0 Å². The molecule has 1 N–H and O–H groups in total. The average Bonchev–Trinajstić information content (AvgIpc) is 2.93. The summed E-state index contributed by atoms with van der Waals surface area (Å²) >= 11 is 1.85. The Morgan fingerprint density at radius 1 is 1.18 bits per heavy atom. The molecule has 1 aromatic carbocycles. The van der Waals surface area contributed by atoms with Crippen LogP contribution in [0.4, 0.5) is 0 Å². The first-order valence-corrected chi connectivity index (χ1v) is 7.01. The molecule has 1 heterocycles. The summed E-state index contributed by atoms with van der Waals surface area (Å²) in [5.74, 6) is 0. The third kappa shape index (κ3) is 2.59. The molecule has 1 aliphatic rings. The maximum absolute atomic E-state index is 3.62. The van der Waals surface area contributed by atoms with Gasteiger partial charge in [-0.25, -0.2) is 0 Å². The van der Waals surface area contributed by atoms with Gasteiger partial charge in [-0.15, -0.1) is 11.3 Å². The van der Waals surface area contributed by atoms with Crippen molar-refractivity contribution in [3.8, 4) is 11.1 Å². The van der Waals surface area contributed by atoms with Gasteiger partial charge in [0.15, 0.2) is 0 Å². The third-order valence-electron chi connectivity index (χ3n) is 3.45. The molecule has 0 unspecified atom stereocenters. The maximum Gasteiger partial charge on any atom is 0.0304 e. The van der Waals surface area contributed by atoms with Crippen molar-refractivity contribution >= 4 is 11.3 Å². The minimum Gasteiger partial charge on any atom is -0.307 e. The third-order valence-corrected chi connectivity index (χ3v) is 4.39. The highest BCUT2D eigenvalue weighted by Crippen LogP contribution is 2.35. The zero-order valence-electron chi connectivity index (χ0n) is 10.1. The van der Waals surface area contributed by atoms with E-state index in [1.807, 2.05) is 11.3 Å². The van der Waals surface area contributed by atoms with Crippen LogP contribution in [-0.4, -0.2) is 5.54 Å². The smallest absolute Gasteiger partial charge is 0.0304 e. The van der Waals surface area contributed by atoms with E-state index < -0.39 is 0 Å². The number of thiophene rings is 1. The van der Waals surface area contributed by atoms with Crippen molar-refractivity contribution in [2.75, 3.05) is 0 Å². The number of rotatable bonds is 4. The molecular formula is C15H17NS. The summed E-state index contributed by atoms with van der Waals surface area (Å²) in [7, 11) is 0. The molecule has 0 amide bonds. The molecule has 0 aliphatic heterocycles. The number of hydrogen-bond acceptors (Lipinski definition) is 2. The van der Waals surface area contributed by atoms with Gasteiger partial charge >= 0.3 is 0 Å². The SMILES string of the molecule is CC1(NCc2cc(-c3ccccc3)cs2)CC1. The topological polar surface area (TPSA) is 12.0 Å². The highest BCUT2D eigenvalue weighted by Gasteiger charge is 2.36. The molecule has 1 nitrogen and oxygen atoms in total. The van der Waals surface area contributed by atoms with Crippen molar-refractivity contribution in [1.82, 2.24) is 5.32 Å². The van der Waals surface area contributed by atoms with E-state index in [2.05, 4.69) is 54.0 Å². The van der Waals surface area contributed by atoms with Crippen LogP contribution in [0.25, 0.3) is 11.1 Å². The summed E-state index contributed by atoms with van der Waals surface area (Å²) in [6, 6.07) is 12.9. The molecule has 2 heteroatoms. The summed E-state index contributed by atoms with van der Waals surface area (Å²) in [5.41, 5.74) is 3.08. The lowest BCUT2D eigenvalue weighted by Crippen LogP contribution is -2.26. The molecule has 0 saturated heterocycles. The lowest BCUT2D eigenvalue weighted by atomic mass is 10.1. The largest absolute Gasteiger partial charge is 0.307 e. The van der Waals surface area contributed by atoms with E-state index in [4.69, 9.17) is 0 Å². The van der Waals surface area contributed by atoms with Crippen LogP contribution in [0.1, 0.15) is 24.6 Å². The molecule has 1 aliphatic carbocycles. The first-order chi connectivity index (χ1) is 8.25. The fraction of sp³-hybridized carbons (Fsp3) is 0.333. The highest BCUT2D eigenvalue weighted by atomic mass is 32.1. The number of nitrogens with one attached hydrogen (secondary N) is 1. The summed E-state index contributed by atoms with van der Waals surface area (Å²) in [5, 5.41) is 5.88. The zero-order valence-corrected chi connectivity index (χ0v) is 10.9. The monoisotopic (exact) mass is 243 g/mol. The lowest BCUT2D eigenvalue weighted by molar-refractivity contribution is 0.541. The van der Waals surface area contributed by atoms with Crippen LogP contribution in [0.5, 0.6) is 0 Å². The van der Waals surface area contributed by atoms with Crippen LogP contribution < -0.4 is 5.32 Å². The Labute approximate surface area is 106 Å². The van der Waals surface area contributed by atoms with E-state index in [0.29, 0.717) is 5.54 Å². The fourth-order valence-corrected chi connectivity index (χ4v) is 2.75. The van der Waals surface area contributed by atoms with Gasteiger partial charge in [0.1, 0.15) is 0 Å². The summed E-state index contributed by atoms with van der Waals surface area (Å²) in [4.78, 5) is 1.43. The van der Waals surface area contributed by atoms with Crippen LogP contribution in [0.3, 0.4) is 0 Å².